The zero-order valence-electron chi connectivity index (χ0n) is 9.87. The molecule has 1 aromatic carbocycles. The smallest absolute Gasteiger partial charge is 0.0590 e. The van der Waals surface area contributed by atoms with Crippen molar-refractivity contribution in [2.45, 2.75) is 26.0 Å². The lowest BCUT2D eigenvalue weighted by atomic mass is 9.96. The van der Waals surface area contributed by atoms with Crippen molar-refractivity contribution in [1.29, 1.82) is 0 Å². The van der Waals surface area contributed by atoms with E-state index in [1.807, 2.05) is 12.1 Å². The number of halogens is 2. The Hall–Kier alpha value is -0.0900. The quantitative estimate of drug-likeness (QED) is 0.904. The van der Waals surface area contributed by atoms with E-state index >= 15 is 0 Å². The predicted molar refractivity (Wildman–Crippen MR) is 74.2 cm³/mol. The summed E-state index contributed by atoms with van der Waals surface area (Å²) in [6.45, 7) is 4.84. The third-order valence-corrected chi connectivity index (χ3v) is 4.20. The second-order valence-electron chi connectivity index (χ2n) is 4.80. The van der Waals surface area contributed by atoms with Crippen LogP contribution in [0, 0.1) is 5.92 Å². The number of benzene rings is 1. The summed E-state index contributed by atoms with van der Waals surface area (Å²) >= 11 is 9.62. The van der Waals surface area contributed by atoms with Gasteiger partial charge in [-0.1, -0.05) is 40.5 Å². The summed E-state index contributed by atoms with van der Waals surface area (Å²) in [6, 6.07) is 6.00. The van der Waals surface area contributed by atoms with Gasteiger partial charge in [0.15, 0.2) is 0 Å². The van der Waals surface area contributed by atoms with Crippen LogP contribution in [0.2, 0.25) is 5.02 Å². The number of likely N-dealkylation sites (tertiary alicyclic amines) is 1. The maximum Gasteiger partial charge on any atom is 0.0590 e. The number of rotatable bonds is 2. The Morgan fingerprint density at radius 2 is 2.29 bits per heavy atom. The van der Waals surface area contributed by atoms with Gasteiger partial charge in [0.05, 0.1) is 6.10 Å². The molecule has 1 aromatic rings. The van der Waals surface area contributed by atoms with Gasteiger partial charge in [-0.3, -0.25) is 4.90 Å². The van der Waals surface area contributed by atoms with Crippen molar-refractivity contribution in [3.05, 3.63) is 33.3 Å². The van der Waals surface area contributed by atoms with Crippen LogP contribution in [0.3, 0.4) is 0 Å². The number of nitrogens with zero attached hydrogens (tertiary/aromatic N) is 1. The van der Waals surface area contributed by atoms with Crippen molar-refractivity contribution in [1.82, 2.24) is 4.90 Å². The topological polar surface area (TPSA) is 23.5 Å². The van der Waals surface area contributed by atoms with Gasteiger partial charge in [-0.15, -0.1) is 0 Å². The third-order valence-electron chi connectivity index (χ3n) is 3.35. The number of hydrogen-bond acceptors (Lipinski definition) is 2. The van der Waals surface area contributed by atoms with Crippen LogP contribution in [0.25, 0.3) is 0 Å². The molecule has 1 N–H and O–H groups in total. The van der Waals surface area contributed by atoms with Gasteiger partial charge in [-0.05, 0) is 30.0 Å². The van der Waals surface area contributed by atoms with E-state index in [1.165, 1.54) is 0 Å². The maximum atomic E-state index is 9.69. The Balaban J connectivity index is 2.01. The van der Waals surface area contributed by atoms with Gasteiger partial charge in [0.2, 0.25) is 0 Å². The normalized spacial score (nSPS) is 26.1. The zero-order valence-corrected chi connectivity index (χ0v) is 12.2. The van der Waals surface area contributed by atoms with E-state index in [9.17, 15) is 5.11 Å². The van der Waals surface area contributed by atoms with Crippen LogP contribution in [0.15, 0.2) is 22.7 Å². The monoisotopic (exact) mass is 317 g/mol. The Bertz CT molecular complexity index is 399. The van der Waals surface area contributed by atoms with Gasteiger partial charge < -0.3 is 5.11 Å². The minimum atomic E-state index is -0.147. The molecule has 17 heavy (non-hydrogen) atoms. The molecule has 2 nitrogen and oxygen atoms in total. The van der Waals surface area contributed by atoms with Crippen LogP contribution in [-0.4, -0.2) is 29.2 Å². The molecule has 0 bridgehead atoms. The first kappa shape index (κ1) is 13.3. The summed E-state index contributed by atoms with van der Waals surface area (Å²) in [7, 11) is 0. The minimum absolute atomic E-state index is 0.147. The number of aliphatic hydroxyl groups is 1. The first-order chi connectivity index (χ1) is 8.06. The summed E-state index contributed by atoms with van der Waals surface area (Å²) in [4.78, 5) is 2.35. The van der Waals surface area contributed by atoms with Crippen molar-refractivity contribution in [3.63, 3.8) is 0 Å². The van der Waals surface area contributed by atoms with Gasteiger partial charge in [0.1, 0.15) is 0 Å². The summed E-state index contributed by atoms with van der Waals surface area (Å²) < 4.78 is 1.01. The van der Waals surface area contributed by atoms with Crippen LogP contribution in [0.4, 0.5) is 0 Å². The Labute approximate surface area is 116 Å². The van der Waals surface area contributed by atoms with E-state index in [-0.39, 0.29) is 6.10 Å². The molecule has 2 rings (SSSR count). The largest absolute Gasteiger partial charge is 0.393 e. The van der Waals surface area contributed by atoms with Gasteiger partial charge >= 0.3 is 0 Å². The maximum absolute atomic E-state index is 9.69. The van der Waals surface area contributed by atoms with Crippen LogP contribution < -0.4 is 0 Å². The van der Waals surface area contributed by atoms with Crippen LogP contribution in [-0.2, 0) is 6.54 Å². The fourth-order valence-electron chi connectivity index (χ4n) is 2.25. The summed E-state index contributed by atoms with van der Waals surface area (Å²) in [5, 5.41) is 10.5. The molecule has 1 heterocycles. The molecule has 2 atom stereocenters. The summed E-state index contributed by atoms with van der Waals surface area (Å²) in [6.07, 6.45) is 0.710. The van der Waals surface area contributed by atoms with E-state index in [4.69, 9.17) is 11.6 Å². The second kappa shape index (κ2) is 5.70. The van der Waals surface area contributed by atoms with E-state index in [0.29, 0.717) is 5.92 Å². The molecule has 0 saturated carbocycles. The van der Waals surface area contributed by atoms with Gasteiger partial charge in [-0.25, -0.2) is 0 Å². The highest BCUT2D eigenvalue weighted by molar-refractivity contribution is 9.10. The van der Waals surface area contributed by atoms with E-state index in [1.54, 1.807) is 0 Å². The molecule has 0 radical (unpaired) electrons. The molecule has 0 amide bonds. The number of aliphatic hydroxyl groups excluding tert-OH is 1. The molecule has 0 spiro atoms. The fourth-order valence-corrected chi connectivity index (χ4v) is 2.99. The molecule has 1 fully saturated rings. The highest BCUT2D eigenvalue weighted by atomic mass is 79.9. The van der Waals surface area contributed by atoms with E-state index < -0.39 is 0 Å². The lowest BCUT2D eigenvalue weighted by molar-refractivity contribution is 0.0320. The standard InChI is InChI=1S/C13H17BrClNO/c1-9-7-16(5-4-13(9)17)8-10-2-3-11(14)6-12(10)15/h2-3,6,9,13,17H,4-5,7-8H2,1H3. The van der Waals surface area contributed by atoms with Crippen LogP contribution in [0.1, 0.15) is 18.9 Å². The van der Waals surface area contributed by atoms with E-state index in [0.717, 1.165) is 41.1 Å². The Morgan fingerprint density at radius 3 is 2.94 bits per heavy atom. The van der Waals surface area contributed by atoms with Crippen molar-refractivity contribution in [3.8, 4) is 0 Å². The number of piperidine rings is 1. The lowest BCUT2D eigenvalue weighted by Gasteiger charge is -2.34. The average molecular weight is 319 g/mol. The van der Waals surface area contributed by atoms with Crippen molar-refractivity contribution >= 4 is 27.5 Å². The first-order valence-electron chi connectivity index (χ1n) is 5.90. The molecule has 94 valence electrons. The van der Waals surface area contributed by atoms with Gasteiger partial charge in [0, 0.05) is 29.1 Å². The highest BCUT2D eigenvalue weighted by Crippen LogP contribution is 2.25. The van der Waals surface area contributed by atoms with Crippen molar-refractivity contribution in [2.75, 3.05) is 13.1 Å². The third kappa shape index (κ3) is 3.44. The minimum Gasteiger partial charge on any atom is -0.393 e. The highest BCUT2D eigenvalue weighted by Gasteiger charge is 2.24. The molecule has 0 aromatic heterocycles. The fraction of sp³-hybridized carbons (Fsp3) is 0.538. The summed E-state index contributed by atoms with van der Waals surface area (Å²) in [5.74, 6) is 0.345. The second-order valence-corrected chi connectivity index (χ2v) is 6.13. The van der Waals surface area contributed by atoms with Crippen molar-refractivity contribution < 1.29 is 5.11 Å². The molecular formula is C13H17BrClNO. The Kier molecular flexibility index (Phi) is 4.47. The first-order valence-corrected chi connectivity index (χ1v) is 7.07. The lowest BCUT2D eigenvalue weighted by Crippen LogP contribution is -2.41. The Morgan fingerprint density at radius 1 is 1.53 bits per heavy atom. The van der Waals surface area contributed by atoms with E-state index in [2.05, 4.69) is 33.8 Å². The molecular weight excluding hydrogens is 302 g/mol. The zero-order chi connectivity index (χ0) is 12.4. The predicted octanol–water partition coefficient (Wildman–Crippen LogP) is 3.31. The molecule has 2 unspecified atom stereocenters. The SMILES string of the molecule is CC1CN(Cc2ccc(Br)cc2Cl)CCC1O. The number of hydrogen-bond donors (Lipinski definition) is 1. The average Bonchev–Trinajstić information content (AvgIpc) is 2.27. The van der Waals surface area contributed by atoms with Crippen LogP contribution in [0.5, 0.6) is 0 Å². The summed E-state index contributed by atoms with van der Waals surface area (Å²) in [5.41, 5.74) is 1.15. The molecule has 4 heteroatoms. The van der Waals surface area contributed by atoms with Crippen LogP contribution >= 0.6 is 27.5 Å². The van der Waals surface area contributed by atoms with Gasteiger partial charge in [-0.2, -0.15) is 0 Å². The van der Waals surface area contributed by atoms with Gasteiger partial charge in [0.25, 0.3) is 0 Å². The molecule has 1 saturated heterocycles. The molecule has 0 aliphatic carbocycles. The van der Waals surface area contributed by atoms with Crippen molar-refractivity contribution in [2.24, 2.45) is 5.92 Å². The molecule has 1 aliphatic heterocycles. The molecule has 1 aliphatic rings.